The van der Waals surface area contributed by atoms with Gasteiger partial charge in [0.25, 0.3) is 5.56 Å². The van der Waals surface area contributed by atoms with Crippen molar-refractivity contribution in [1.29, 1.82) is 0 Å². The molecule has 0 bridgehead atoms. The van der Waals surface area contributed by atoms with Crippen LogP contribution in [-0.2, 0) is 13.0 Å². The van der Waals surface area contributed by atoms with Crippen molar-refractivity contribution in [2.45, 2.75) is 32.7 Å². The minimum atomic E-state index is -0.999. The van der Waals surface area contributed by atoms with Crippen LogP contribution >= 0.6 is 0 Å². The summed E-state index contributed by atoms with van der Waals surface area (Å²) >= 11 is 0. The molecule has 1 aromatic carbocycles. The first-order valence-electron chi connectivity index (χ1n) is 7.99. The van der Waals surface area contributed by atoms with Gasteiger partial charge < -0.3 is 14.7 Å². The molecule has 0 aliphatic heterocycles. The molecule has 3 aromatic rings. The summed E-state index contributed by atoms with van der Waals surface area (Å²) in [6, 6.07) is 8.51. The highest BCUT2D eigenvalue weighted by Crippen LogP contribution is 2.12. The van der Waals surface area contributed by atoms with Gasteiger partial charge in [-0.15, -0.1) is 0 Å². The van der Waals surface area contributed by atoms with Gasteiger partial charge >= 0.3 is 5.97 Å². The average Bonchev–Trinajstić information content (AvgIpc) is 3.00. The Morgan fingerprint density at radius 1 is 1.29 bits per heavy atom. The average molecular weight is 325 g/mol. The first kappa shape index (κ1) is 16.0. The molecule has 0 aliphatic rings. The van der Waals surface area contributed by atoms with Crippen molar-refractivity contribution in [2.24, 2.45) is 0 Å². The van der Waals surface area contributed by atoms with Crippen molar-refractivity contribution in [3.8, 4) is 0 Å². The van der Waals surface area contributed by atoms with Crippen molar-refractivity contribution < 1.29 is 9.90 Å². The SMILES string of the molecule is CCCCc1nc2c(=O)n(Cc3ccccc3C(=O)O)ccc2[nH]1. The lowest BCUT2D eigenvalue weighted by molar-refractivity contribution is 0.0695. The zero-order valence-electron chi connectivity index (χ0n) is 13.5. The smallest absolute Gasteiger partial charge is 0.336 e. The van der Waals surface area contributed by atoms with E-state index in [-0.39, 0.29) is 17.7 Å². The number of carboxylic acids is 1. The second kappa shape index (κ2) is 6.70. The maximum atomic E-state index is 12.6. The number of aromatic amines is 1. The number of carboxylic acid groups (broad SMARTS) is 1. The van der Waals surface area contributed by atoms with Crippen LogP contribution in [0.15, 0.2) is 41.3 Å². The number of aryl methyl sites for hydroxylation is 1. The van der Waals surface area contributed by atoms with E-state index in [2.05, 4.69) is 16.9 Å². The Bertz CT molecular complexity index is 940. The van der Waals surface area contributed by atoms with Crippen LogP contribution in [0.4, 0.5) is 0 Å². The van der Waals surface area contributed by atoms with Gasteiger partial charge in [-0.05, 0) is 24.1 Å². The molecule has 124 valence electrons. The first-order chi connectivity index (χ1) is 11.6. The number of pyridine rings is 1. The highest BCUT2D eigenvalue weighted by atomic mass is 16.4. The summed E-state index contributed by atoms with van der Waals surface area (Å²) in [5, 5.41) is 9.27. The lowest BCUT2D eigenvalue weighted by Crippen LogP contribution is -2.21. The Morgan fingerprint density at radius 2 is 2.08 bits per heavy atom. The second-order valence-electron chi connectivity index (χ2n) is 5.76. The minimum absolute atomic E-state index is 0.203. The van der Waals surface area contributed by atoms with E-state index in [0.717, 1.165) is 25.1 Å². The summed E-state index contributed by atoms with van der Waals surface area (Å²) in [6.07, 6.45) is 4.56. The van der Waals surface area contributed by atoms with Crippen LogP contribution in [0.5, 0.6) is 0 Å². The van der Waals surface area contributed by atoms with Crippen molar-refractivity contribution in [2.75, 3.05) is 0 Å². The Hall–Kier alpha value is -2.89. The van der Waals surface area contributed by atoms with Crippen LogP contribution in [0.1, 0.15) is 41.5 Å². The summed E-state index contributed by atoms with van der Waals surface area (Å²) < 4.78 is 1.49. The predicted octanol–water partition coefficient (Wildman–Crippen LogP) is 2.81. The first-order valence-corrected chi connectivity index (χ1v) is 7.99. The predicted molar refractivity (Wildman–Crippen MR) is 91.5 cm³/mol. The van der Waals surface area contributed by atoms with E-state index < -0.39 is 5.97 Å². The van der Waals surface area contributed by atoms with Crippen LogP contribution in [0.3, 0.4) is 0 Å². The molecule has 0 fully saturated rings. The van der Waals surface area contributed by atoms with Gasteiger partial charge in [0, 0.05) is 12.6 Å². The second-order valence-corrected chi connectivity index (χ2v) is 5.76. The number of fused-ring (bicyclic) bond motifs is 1. The lowest BCUT2D eigenvalue weighted by atomic mass is 10.1. The number of carbonyl (C=O) groups is 1. The minimum Gasteiger partial charge on any atom is -0.478 e. The molecule has 0 radical (unpaired) electrons. The third-order valence-electron chi connectivity index (χ3n) is 4.02. The number of imidazole rings is 1. The Kier molecular flexibility index (Phi) is 4.46. The quantitative estimate of drug-likeness (QED) is 0.729. The van der Waals surface area contributed by atoms with Gasteiger partial charge in [0.2, 0.25) is 0 Å². The molecule has 0 spiro atoms. The molecule has 3 rings (SSSR count). The zero-order valence-corrected chi connectivity index (χ0v) is 13.5. The Morgan fingerprint density at radius 3 is 2.83 bits per heavy atom. The van der Waals surface area contributed by atoms with E-state index in [4.69, 9.17) is 0 Å². The molecule has 0 saturated carbocycles. The van der Waals surface area contributed by atoms with E-state index in [1.165, 1.54) is 4.57 Å². The summed E-state index contributed by atoms with van der Waals surface area (Å²) in [4.78, 5) is 31.5. The number of unbranched alkanes of at least 4 members (excludes halogenated alkanes) is 1. The van der Waals surface area contributed by atoms with Crippen molar-refractivity contribution in [3.63, 3.8) is 0 Å². The molecule has 6 heteroatoms. The Balaban J connectivity index is 1.98. The Labute approximate surface area is 138 Å². The fourth-order valence-electron chi connectivity index (χ4n) is 2.73. The highest BCUT2D eigenvalue weighted by Gasteiger charge is 2.12. The van der Waals surface area contributed by atoms with Gasteiger partial charge in [-0.25, -0.2) is 9.78 Å². The summed E-state index contributed by atoms with van der Waals surface area (Å²) in [7, 11) is 0. The highest BCUT2D eigenvalue weighted by molar-refractivity contribution is 5.89. The third-order valence-corrected chi connectivity index (χ3v) is 4.02. The van der Waals surface area contributed by atoms with Crippen LogP contribution in [0.25, 0.3) is 11.0 Å². The monoisotopic (exact) mass is 325 g/mol. The fraction of sp³-hybridized carbons (Fsp3) is 0.278. The van der Waals surface area contributed by atoms with Crippen LogP contribution in [0, 0.1) is 0 Å². The number of aromatic nitrogens is 3. The van der Waals surface area contributed by atoms with Gasteiger partial charge in [-0.1, -0.05) is 31.5 Å². The number of hydrogen-bond acceptors (Lipinski definition) is 3. The van der Waals surface area contributed by atoms with Crippen molar-refractivity contribution in [1.82, 2.24) is 14.5 Å². The third kappa shape index (κ3) is 3.08. The summed E-state index contributed by atoms with van der Waals surface area (Å²) in [6.45, 7) is 2.31. The largest absolute Gasteiger partial charge is 0.478 e. The van der Waals surface area contributed by atoms with Crippen LogP contribution in [0.2, 0.25) is 0 Å². The van der Waals surface area contributed by atoms with Crippen LogP contribution in [-0.4, -0.2) is 25.6 Å². The molecule has 0 unspecified atom stereocenters. The van der Waals surface area contributed by atoms with Gasteiger partial charge in [-0.3, -0.25) is 4.79 Å². The van der Waals surface area contributed by atoms with E-state index in [1.54, 1.807) is 30.5 Å². The maximum Gasteiger partial charge on any atom is 0.336 e. The van der Waals surface area contributed by atoms with Gasteiger partial charge in [-0.2, -0.15) is 0 Å². The van der Waals surface area contributed by atoms with Crippen molar-refractivity contribution in [3.05, 3.63) is 63.8 Å². The number of rotatable bonds is 6. The molecule has 0 amide bonds. The normalized spacial score (nSPS) is 11.0. The molecule has 2 aromatic heterocycles. The molecule has 6 nitrogen and oxygen atoms in total. The van der Waals surface area contributed by atoms with E-state index in [9.17, 15) is 14.7 Å². The standard InChI is InChI=1S/C18H19N3O3/c1-2-3-8-15-19-14-9-10-21(17(22)16(14)20-15)11-12-6-4-5-7-13(12)18(23)24/h4-7,9-10H,2-3,8,11H2,1H3,(H,19,20)(H,23,24). The lowest BCUT2D eigenvalue weighted by Gasteiger charge is -2.08. The number of nitrogens with zero attached hydrogens (tertiary/aromatic N) is 2. The molecule has 0 saturated heterocycles. The number of hydrogen-bond donors (Lipinski definition) is 2. The fourth-order valence-corrected chi connectivity index (χ4v) is 2.73. The van der Waals surface area contributed by atoms with E-state index in [1.807, 2.05) is 6.07 Å². The zero-order chi connectivity index (χ0) is 17.1. The molecule has 0 aliphatic carbocycles. The number of aromatic carboxylic acids is 1. The number of H-pyrrole nitrogens is 1. The van der Waals surface area contributed by atoms with Gasteiger partial charge in [0.15, 0.2) is 5.52 Å². The molecule has 24 heavy (non-hydrogen) atoms. The summed E-state index contributed by atoms with van der Waals surface area (Å²) in [5.41, 5.74) is 1.69. The maximum absolute atomic E-state index is 12.6. The molecule has 2 N–H and O–H groups in total. The van der Waals surface area contributed by atoms with Gasteiger partial charge in [0.05, 0.1) is 17.6 Å². The molecule has 2 heterocycles. The van der Waals surface area contributed by atoms with Crippen molar-refractivity contribution >= 4 is 17.0 Å². The molecule has 0 atom stereocenters. The van der Waals surface area contributed by atoms with E-state index >= 15 is 0 Å². The topological polar surface area (TPSA) is 88.0 Å². The molecular weight excluding hydrogens is 306 g/mol. The number of nitrogens with one attached hydrogen (secondary N) is 1. The van der Waals surface area contributed by atoms with E-state index in [0.29, 0.717) is 16.6 Å². The number of benzene rings is 1. The van der Waals surface area contributed by atoms with Crippen LogP contribution < -0.4 is 5.56 Å². The van der Waals surface area contributed by atoms with Gasteiger partial charge in [0.1, 0.15) is 5.82 Å². The molecular formula is C18H19N3O3. The summed E-state index contributed by atoms with van der Waals surface area (Å²) in [5.74, 6) is -0.186.